The highest BCUT2D eigenvalue weighted by atomic mass is 19.2. The highest BCUT2D eigenvalue weighted by Gasteiger charge is 2.19. The number of hydrogen-bond donors (Lipinski definition) is 2. The second kappa shape index (κ2) is 6.40. The van der Waals surface area contributed by atoms with E-state index >= 15 is 0 Å². The van der Waals surface area contributed by atoms with Crippen molar-refractivity contribution in [1.82, 2.24) is 20.6 Å². The first-order valence-electron chi connectivity index (χ1n) is 5.75. The van der Waals surface area contributed by atoms with Crippen molar-refractivity contribution >= 4 is 17.2 Å². The number of tetrazole rings is 1. The van der Waals surface area contributed by atoms with Crippen molar-refractivity contribution in [2.24, 2.45) is 0 Å². The summed E-state index contributed by atoms with van der Waals surface area (Å²) in [6.07, 6.45) is 1.02. The van der Waals surface area contributed by atoms with Crippen LogP contribution in [0.3, 0.4) is 0 Å². The Hall–Kier alpha value is -3.35. The second-order valence-corrected chi connectivity index (χ2v) is 3.83. The molecule has 22 heavy (non-hydrogen) atoms. The van der Waals surface area contributed by atoms with Gasteiger partial charge in [-0.3, -0.25) is 0 Å². The Labute approximate surface area is 122 Å². The highest BCUT2D eigenvalue weighted by Crippen LogP contribution is 2.24. The van der Waals surface area contributed by atoms with E-state index < -0.39 is 23.3 Å². The van der Waals surface area contributed by atoms with Gasteiger partial charge in [0.1, 0.15) is 11.6 Å². The molecule has 0 bridgehead atoms. The van der Waals surface area contributed by atoms with Gasteiger partial charge in [0.2, 0.25) is 5.82 Å². The molecule has 0 saturated heterocycles. The Bertz CT molecular complexity index is 767. The van der Waals surface area contributed by atoms with Crippen molar-refractivity contribution in [2.75, 3.05) is 12.4 Å². The Morgan fingerprint density at radius 2 is 2.27 bits per heavy atom. The van der Waals surface area contributed by atoms with Crippen molar-refractivity contribution in [3.8, 4) is 6.07 Å². The number of ether oxygens (including phenoxy) is 1. The summed E-state index contributed by atoms with van der Waals surface area (Å²) in [7, 11) is 1.10. The number of aromatic amines is 1. The average molecular weight is 306 g/mol. The standard InChI is InChI=1S/C12H8F2N6O2/c1-22-12(21)7-2-3-8(13)9(14)10(7)16-5-6(4-15)11-17-19-20-18-11/h2-3,5,16H,1H3,(H,17,18,19,20). The lowest BCUT2D eigenvalue weighted by atomic mass is 10.1. The number of H-pyrrole nitrogens is 1. The summed E-state index contributed by atoms with van der Waals surface area (Å²) in [4.78, 5) is 11.6. The lowest BCUT2D eigenvalue weighted by Crippen LogP contribution is -2.08. The first-order chi connectivity index (χ1) is 10.6. The molecule has 2 N–H and O–H groups in total. The van der Waals surface area contributed by atoms with Gasteiger partial charge in [-0.2, -0.15) is 10.5 Å². The van der Waals surface area contributed by atoms with Crippen molar-refractivity contribution in [1.29, 1.82) is 5.26 Å². The molecule has 1 heterocycles. The van der Waals surface area contributed by atoms with Gasteiger partial charge in [0.05, 0.1) is 18.4 Å². The zero-order valence-corrected chi connectivity index (χ0v) is 11.1. The highest BCUT2D eigenvalue weighted by molar-refractivity contribution is 5.96. The molecule has 0 spiro atoms. The number of aromatic nitrogens is 4. The van der Waals surface area contributed by atoms with E-state index in [0.29, 0.717) is 0 Å². The molecule has 0 amide bonds. The molecule has 0 saturated carbocycles. The van der Waals surface area contributed by atoms with Crippen LogP contribution in [0.4, 0.5) is 14.5 Å². The second-order valence-electron chi connectivity index (χ2n) is 3.83. The van der Waals surface area contributed by atoms with E-state index in [-0.39, 0.29) is 17.0 Å². The van der Waals surface area contributed by atoms with Gasteiger partial charge >= 0.3 is 5.97 Å². The van der Waals surface area contributed by atoms with E-state index in [2.05, 4.69) is 30.7 Å². The molecule has 0 aliphatic heterocycles. The van der Waals surface area contributed by atoms with Gasteiger partial charge in [0, 0.05) is 6.20 Å². The van der Waals surface area contributed by atoms with Crippen molar-refractivity contribution in [3.63, 3.8) is 0 Å². The molecule has 0 fully saturated rings. The van der Waals surface area contributed by atoms with Crippen molar-refractivity contribution in [3.05, 3.63) is 41.4 Å². The predicted molar refractivity (Wildman–Crippen MR) is 69.1 cm³/mol. The van der Waals surface area contributed by atoms with Crippen LogP contribution in [0.15, 0.2) is 18.3 Å². The molecule has 0 unspecified atom stereocenters. The number of carbonyl (C=O) groups is 1. The van der Waals surface area contributed by atoms with E-state index in [1.54, 1.807) is 6.07 Å². The number of allylic oxidation sites excluding steroid dienone is 1. The molecule has 10 heteroatoms. The minimum absolute atomic E-state index is 0.0496. The Balaban J connectivity index is 2.42. The SMILES string of the molecule is COC(=O)c1ccc(F)c(F)c1NC=C(C#N)c1nn[nH]n1. The van der Waals surface area contributed by atoms with Crippen LogP contribution < -0.4 is 5.32 Å². The topological polar surface area (TPSA) is 117 Å². The number of esters is 1. The van der Waals surface area contributed by atoms with Crippen molar-refractivity contribution < 1.29 is 18.3 Å². The first kappa shape index (κ1) is 15.0. The number of anilines is 1. The number of carbonyl (C=O) groups excluding carboxylic acids is 1. The molecule has 112 valence electrons. The lowest BCUT2D eigenvalue weighted by Gasteiger charge is -2.09. The summed E-state index contributed by atoms with van der Waals surface area (Å²) in [6.45, 7) is 0. The van der Waals surface area contributed by atoms with E-state index in [4.69, 9.17) is 5.26 Å². The summed E-state index contributed by atoms with van der Waals surface area (Å²) in [5.74, 6) is -3.37. The summed E-state index contributed by atoms with van der Waals surface area (Å²) in [6, 6.07) is 3.60. The third-order valence-electron chi connectivity index (χ3n) is 2.57. The molecular formula is C12H8F2N6O2. The molecule has 0 aliphatic carbocycles. The van der Waals surface area contributed by atoms with Gasteiger partial charge in [0.15, 0.2) is 11.6 Å². The zero-order valence-electron chi connectivity index (χ0n) is 11.1. The molecule has 1 aromatic carbocycles. The van der Waals surface area contributed by atoms with Crippen LogP contribution in [0.2, 0.25) is 0 Å². The average Bonchev–Trinajstić information content (AvgIpc) is 3.05. The van der Waals surface area contributed by atoms with Crippen LogP contribution in [0.5, 0.6) is 0 Å². The molecule has 1 aromatic heterocycles. The van der Waals surface area contributed by atoms with Gasteiger partial charge in [-0.15, -0.1) is 10.2 Å². The minimum atomic E-state index is -1.29. The van der Waals surface area contributed by atoms with E-state index in [1.807, 2.05) is 0 Å². The molecule has 2 aromatic rings. The molecule has 0 aliphatic rings. The molecule has 0 atom stereocenters. The lowest BCUT2D eigenvalue weighted by molar-refractivity contribution is 0.0601. The normalized spacial score (nSPS) is 10.9. The molecule has 2 rings (SSSR count). The Kier molecular flexibility index (Phi) is 4.38. The van der Waals surface area contributed by atoms with Crippen LogP contribution >= 0.6 is 0 Å². The smallest absolute Gasteiger partial charge is 0.340 e. The van der Waals surface area contributed by atoms with Gasteiger partial charge in [0.25, 0.3) is 0 Å². The molecule has 0 radical (unpaired) electrons. The van der Waals surface area contributed by atoms with E-state index in [1.165, 1.54) is 0 Å². The number of nitrogens with one attached hydrogen (secondary N) is 2. The summed E-state index contributed by atoms with van der Waals surface area (Å²) < 4.78 is 31.6. The van der Waals surface area contributed by atoms with Crippen LogP contribution in [-0.2, 0) is 4.74 Å². The maximum Gasteiger partial charge on any atom is 0.340 e. The third kappa shape index (κ3) is 2.88. The monoisotopic (exact) mass is 306 g/mol. The minimum Gasteiger partial charge on any atom is -0.465 e. The van der Waals surface area contributed by atoms with Crippen LogP contribution in [0.1, 0.15) is 16.2 Å². The maximum atomic E-state index is 13.8. The molecule has 8 nitrogen and oxygen atoms in total. The molecular weight excluding hydrogens is 298 g/mol. The van der Waals surface area contributed by atoms with Crippen LogP contribution in [-0.4, -0.2) is 33.7 Å². The van der Waals surface area contributed by atoms with Gasteiger partial charge in [-0.25, -0.2) is 13.6 Å². The Morgan fingerprint density at radius 1 is 1.50 bits per heavy atom. The number of hydrogen-bond acceptors (Lipinski definition) is 7. The van der Waals surface area contributed by atoms with Crippen LogP contribution in [0, 0.1) is 23.0 Å². The Morgan fingerprint density at radius 3 is 2.86 bits per heavy atom. The van der Waals surface area contributed by atoms with Gasteiger partial charge in [-0.1, -0.05) is 0 Å². The number of nitriles is 1. The fourth-order valence-corrected chi connectivity index (χ4v) is 1.54. The van der Waals surface area contributed by atoms with Gasteiger partial charge < -0.3 is 10.1 Å². The number of nitrogens with zero attached hydrogens (tertiary/aromatic N) is 4. The first-order valence-corrected chi connectivity index (χ1v) is 5.75. The third-order valence-corrected chi connectivity index (χ3v) is 2.57. The largest absolute Gasteiger partial charge is 0.465 e. The quantitative estimate of drug-likeness (QED) is 0.644. The number of benzene rings is 1. The fourth-order valence-electron chi connectivity index (χ4n) is 1.54. The number of halogens is 2. The number of methoxy groups -OCH3 is 1. The predicted octanol–water partition coefficient (Wildman–Crippen LogP) is 1.24. The fraction of sp³-hybridized carbons (Fsp3) is 0.0833. The summed E-state index contributed by atoms with van der Waals surface area (Å²) in [5.41, 5.74) is -0.806. The summed E-state index contributed by atoms with van der Waals surface area (Å²) >= 11 is 0. The van der Waals surface area contributed by atoms with Gasteiger partial charge in [-0.05, 0) is 17.3 Å². The summed E-state index contributed by atoms with van der Waals surface area (Å²) in [5, 5.41) is 23.9. The number of rotatable bonds is 4. The maximum absolute atomic E-state index is 13.8. The van der Waals surface area contributed by atoms with Crippen LogP contribution in [0.25, 0.3) is 5.57 Å². The van der Waals surface area contributed by atoms with E-state index in [9.17, 15) is 13.6 Å². The van der Waals surface area contributed by atoms with E-state index in [0.717, 1.165) is 25.4 Å². The zero-order chi connectivity index (χ0) is 16.1. The van der Waals surface area contributed by atoms with Crippen molar-refractivity contribution in [2.45, 2.75) is 0 Å².